The fourth-order valence-corrected chi connectivity index (χ4v) is 1.86. The number of hydroxylamine groups is 1. The average molecular weight is 243 g/mol. The number of hydrogen-bond acceptors (Lipinski definition) is 2. The van der Waals surface area contributed by atoms with Crippen molar-refractivity contribution >= 4 is 16.7 Å². The monoisotopic (exact) mass is 243 g/mol. The van der Waals surface area contributed by atoms with Crippen molar-refractivity contribution in [3.8, 4) is 0 Å². The minimum absolute atomic E-state index is 0.0787. The molecule has 0 atom stereocenters. The smallest absolute Gasteiger partial charge is 0.243 e. The highest BCUT2D eigenvalue weighted by molar-refractivity contribution is 5.83. The summed E-state index contributed by atoms with van der Waals surface area (Å²) in [6.45, 7) is 2.32. The Morgan fingerprint density at radius 1 is 1.17 bits per heavy atom. The fourth-order valence-electron chi connectivity index (χ4n) is 1.86. The summed E-state index contributed by atoms with van der Waals surface area (Å²) in [7, 11) is 0. The zero-order valence-electron chi connectivity index (χ0n) is 10.5. The zero-order valence-corrected chi connectivity index (χ0v) is 10.5. The topological polar surface area (TPSA) is 38.3 Å². The van der Waals surface area contributed by atoms with Gasteiger partial charge in [-0.1, -0.05) is 42.5 Å². The Balaban J connectivity index is 1.97. The summed E-state index contributed by atoms with van der Waals surface area (Å²) in [5.41, 5.74) is 3.57. The van der Waals surface area contributed by atoms with Crippen molar-refractivity contribution in [2.75, 3.05) is 6.61 Å². The minimum Gasteiger partial charge on any atom is -0.274 e. The number of fused-ring (bicyclic) bond motifs is 1. The van der Waals surface area contributed by atoms with Crippen molar-refractivity contribution < 1.29 is 9.63 Å². The fraction of sp³-hybridized carbons (Fsp3) is 0.267. The first-order valence-electron chi connectivity index (χ1n) is 6.18. The van der Waals surface area contributed by atoms with Gasteiger partial charge in [-0.15, -0.1) is 0 Å². The van der Waals surface area contributed by atoms with Crippen LogP contribution in [0.4, 0.5) is 0 Å². The normalized spacial score (nSPS) is 10.5. The quantitative estimate of drug-likeness (QED) is 0.820. The summed E-state index contributed by atoms with van der Waals surface area (Å²) < 4.78 is 0. The third kappa shape index (κ3) is 3.31. The first kappa shape index (κ1) is 12.6. The molecule has 0 saturated heterocycles. The maximum absolute atomic E-state index is 11.4. The predicted octanol–water partition coefficient (Wildman–Crippen LogP) is 2.84. The van der Waals surface area contributed by atoms with Gasteiger partial charge in [0.2, 0.25) is 5.91 Å². The molecule has 0 bridgehead atoms. The lowest BCUT2D eigenvalue weighted by Gasteiger charge is -2.05. The molecule has 1 N–H and O–H groups in total. The van der Waals surface area contributed by atoms with E-state index in [1.54, 1.807) is 0 Å². The highest BCUT2D eigenvalue weighted by Crippen LogP contribution is 2.16. The first-order chi connectivity index (χ1) is 8.79. The summed E-state index contributed by atoms with van der Waals surface area (Å²) in [6.07, 6.45) is 1.17. The van der Waals surface area contributed by atoms with Crippen LogP contribution in [0.25, 0.3) is 10.8 Å². The summed E-state index contributed by atoms with van der Waals surface area (Å²) in [6, 6.07) is 14.5. The van der Waals surface area contributed by atoms with Crippen molar-refractivity contribution in [2.24, 2.45) is 0 Å². The number of nitrogens with one attached hydrogen (secondary N) is 1. The molecule has 0 aromatic heterocycles. The van der Waals surface area contributed by atoms with Crippen molar-refractivity contribution in [3.05, 3.63) is 48.0 Å². The van der Waals surface area contributed by atoms with Crippen LogP contribution in [0.15, 0.2) is 42.5 Å². The summed E-state index contributed by atoms with van der Waals surface area (Å²) in [4.78, 5) is 16.3. The van der Waals surface area contributed by atoms with Crippen LogP contribution in [0, 0.1) is 0 Å². The van der Waals surface area contributed by atoms with E-state index in [-0.39, 0.29) is 5.91 Å². The average Bonchev–Trinajstić information content (AvgIpc) is 2.42. The molecule has 94 valence electrons. The Morgan fingerprint density at radius 3 is 2.72 bits per heavy atom. The number of aryl methyl sites for hydroxylation is 1. The maximum Gasteiger partial charge on any atom is 0.243 e. The number of benzene rings is 2. The van der Waals surface area contributed by atoms with Gasteiger partial charge in [0.1, 0.15) is 0 Å². The van der Waals surface area contributed by atoms with E-state index in [0.29, 0.717) is 13.0 Å². The lowest BCUT2D eigenvalue weighted by atomic mass is 10.0. The number of rotatable bonds is 5. The Kier molecular flexibility index (Phi) is 4.31. The molecule has 0 unspecified atom stereocenters. The molecule has 0 saturated carbocycles. The summed E-state index contributed by atoms with van der Waals surface area (Å²) >= 11 is 0. The minimum atomic E-state index is -0.0787. The van der Waals surface area contributed by atoms with E-state index in [2.05, 4.69) is 35.8 Å². The Bertz CT molecular complexity index is 537. The van der Waals surface area contributed by atoms with Crippen molar-refractivity contribution in [3.63, 3.8) is 0 Å². The SMILES string of the molecule is CCONC(=O)CCc1ccc2ccccc2c1. The third-order valence-corrected chi connectivity index (χ3v) is 2.78. The molecule has 3 heteroatoms. The number of hydrogen-bond donors (Lipinski definition) is 1. The van der Waals surface area contributed by atoms with E-state index in [1.807, 2.05) is 19.1 Å². The molecule has 18 heavy (non-hydrogen) atoms. The third-order valence-electron chi connectivity index (χ3n) is 2.78. The van der Waals surface area contributed by atoms with Crippen LogP contribution in [0.3, 0.4) is 0 Å². The second-order valence-electron chi connectivity index (χ2n) is 4.14. The number of amides is 1. The van der Waals surface area contributed by atoms with Gasteiger partial charge in [0.05, 0.1) is 6.61 Å². The van der Waals surface area contributed by atoms with Crippen LogP contribution in [0.1, 0.15) is 18.9 Å². The van der Waals surface area contributed by atoms with Crippen LogP contribution in [-0.4, -0.2) is 12.5 Å². The van der Waals surface area contributed by atoms with Crippen molar-refractivity contribution in [1.29, 1.82) is 0 Å². The molecule has 0 fully saturated rings. The van der Waals surface area contributed by atoms with Gasteiger partial charge < -0.3 is 0 Å². The van der Waals surface area contributed by atoms with E-state index in [1.165, 1.54) is 16.3 Å². The molecule has 2 aromatic rings. The number of carbonyl (C=O) groups is 1. The molecule has 1 amide bonds. The summed E-state index contributed by atoms with van der Waals surface area (Å²) in [5.74, 6) is -0.0787. The van der Waals surface area contributed by atoms with Crippen LogP contribution in [-0.2, 0) is 16.1 Å². The van der Waals surface area contributed by atoms with Gasteiger partial charge in [-0.2, -0.15) is 0 Å². The van der Waals surface area contributed by atoms with Gasteiger partial charge >= 0.3 is 0 Å². The molecule has 0 aliphatic rings. The van der Waals surface area contributed by atoms with Gasteiger partial charge in [0, 0.05) is 6.42 Å². The molecule has 0 aliphatic heterocycles. The van der Waals surface area contributed by atoms with E-state index >= 15 is 0 Å². The highest BCUT2D eigenvalue weighted by Gasteiger charge is 2.02. The molecule has 3 nitrogen and oxygen atoms in total. The lowest BCUT2D eigenvalue weighted by molar-refractivity contribution is -0.133. The van der Waals surface area contributed by atoms with Gasteiger partial charge in [-0.05, 0) is 29.7 Å². The predicted molar refractivity (Wildman–Crippen MR) is 72.0 cm³/mol. The Morgan fingerprint density at radius 2 is 1.94 bits per heavy atom. The van der Waals surface area contributed by atoms with E-state index < -0.39 is 0 Å². The highest BCUT2D eigenvalue weighted by atomic mass is 16.6. The first-order valence-corrected chi connectivity index (χ1v) is 6.18. The standard InChI is InChI=1S/C15H17NO2/c1-2-18-16-15(17)10-8-12-7-9-13-5-3-4-6-14(13)11-12/h3-7,9,11H,2,8,10H2,1H3,(H,16,17). The molecule has 0 spiro atoms. The van der Waals surface area contributed by atoms with Crippen LogP contribution >= 0.6 is 0 Å². The number of carbonyl (C=O) groups excluding carboxylic acids is 1. The van der Waals surface area contributed by atoms with Crippen LogP contribution in [0.5, 0.6) is 0 Å². The molecule has 0 aliphatic carbocycles. The van der Waals surface area contributed by atoms with Crippen LogP contribution in [0.2, 0.25) is 0 Å². The molecule has 2 aromatic carbocycles. The molecular formula is C15H17NO2. The Labute approximate surface area is 107 Å². The molecule has 0 radical (unpaired) electrons. The summed E-state index contributed by atoms with van der Waals surface area (Å²) in [5, 5.41) is 2.43. The second-order valence-corrected chi connectivity index (χ2v) is 4.14. The van der Waals surface area contributed by atoms with E-state index in [9.17, 15) is 4.79 Å². The van der Waals surface area contributed by atoms with E-state index in [4.69, 9.17) is 4.84 Å². The maximum atomic E-state index is 11.4. The lowest BCUT2D eigenvalue weighted by Crippen LogP contribution is -2.23. The molecule has 2 rings (SSSR count). The second kappa shape index (κ2) is 6.17. The molecule has 0 heterocycles. The van der Waals surface area contributed by atoms with E-state index in [0.717, 1.165) is 6.42 Å². The zero-order chi connectivity index (χ0) is 12.8. The van der Waals surface area contributed by atoms with Gasteiger partial charge in [0.15, 0.2) is 0 Å². The van der Waals surface area contributed by atoms with Crippen molar-refractivity contribution in [1.82, 2.24) is 5.48 Å². The van der Waals surface area contributed by atoms with Gasteiger partial charge in [-0.25, -0.2) is 5.48 Å². The van der Waals surface area contributed by atoms with Gasteiger partial charge in [-0.3, -0.25) is 9.63 Å². The van der Waals surface area contributed by atoms with Gasteiger partial charge in [0.25, 0.3) is 0 Å². The Hall–Kier alpha value is -1.87. The van der Waals surface area contributed by atoms with Crippen molar-refractivity contribution in [2.45, 2.75) is 19.8 Å². The largest absolute Gasteiger partial charge is 0.274 e. The van der Waals surface area contributed by atoms with Crippen LogP contribution < -0.4 is 5.48 Å². The molecular weight excluding hydrogens is 226 g/mol.